The number of rotatable bonds is 5. The second-order valence-corrected chi connectivity index (χ2v) is 6.31. The maximum atomic E-state index is 11.7. The molecule has 0 aliphatic heterocycles. The van der Waals surface area contributed by atoms with Crippen LogP contribution in [0.4, 0.5) is 0 Å². The van der Waals surface area contributed by atoms with Gasteiger partial charge in [-0.1, -0.05) is 11.3 Å². The Morgan fingerprint density at radius 2 is 2.17 bits per heavy atom. The number of aromatic nitrogens is 4. The number of carbonyl (C=O) groups excluding carboxylic acids is 1. The Hall–Kier alpha value is -2.63. The summed E-state index contributed by atoms with van der Waals surface area (Å²) in [6, 6.07) is 8.91. The minimum Gasteiger partial charge on any atom is -0.461 e. The number of benzene rings is 1. The minimum atomic E-state index is -0.435. The lowest BCUT2D eigenvalue weighted by molar-refractivity contribution is 0.0519. The van der Waals surface area contributed by atoms with Crippen LogP contribution in [0.5, 0.6) is 0 Å². The number of fused-ring (bicyclic) bond motifs is 1. The molecule has 4 rings (SSSR count). The molecule has 1 saturated carbocycles. The molecule has 0 unspecified atom stereocenters. The van der Waals surface area contributed by atoms with Crippen LogP contribution in [0, 0.1) is 0 Å². The molecule has 0 radical (unpaired) electrons. The molecule has 24 heavy (non-hydrogen) atoms. The highest BCUT2D eigenvalue weighted by Crippen LogP contribution is 2.41. The van der Waals surface area contributed by atoms with E-state index in [-0.39, 0.29) is 5.69 Å². The van der Waals surface area contributed by atoms with E-state index < -0.39 is 5.97 Å². The SMILES string of the molecule is CCOC(=O)c1cn(Cc2cc3cc(C4CC4)ccc3n2C)nn1. The summed E-state index contributed by atoms with van der Waals surface area (Å²) in [6.07, 6.45) is 4.24. The van der Waals surface area contributed by atoms with Crippen molar-refractivity contribution in [2.24, 2.45) is 7.05 Å². The molecule has 1 aliphatic carbocycles. The van der Waals surface area contributed by atoms with Gasteiger partial charge in [-0.3, -0.25) is 0 Å². The number of nitrogens with zero attached hydrogens (tertiary/aromatic N) is 4. The van der Waals surface area contributed by atoms with Crippen LogP contribution in [0.3, 0.4) is 0 Å². The zero-order valence-corrected chi connectivity index (χ0v) is 13.9. The highest BCUT2D eigenvalue weighted by molar-refractivity contribution is 5.86. The number of hydrogen-bond donors (Lipinski definition) is 0. The van der Waals surface area contributed by atoms with Gasteiger partial charge >= 0.3 is 5.97 Å². The molecule has 1 aromatic carbocycles. The summed E-state index contributed by atoms with van der Waals surface area (Å²) in [5.74, 6) is 0.315. The van der Waals surface area contributed by atoms with Gasteiger partial charge in [0.15, 0.2) is 5.69 Å². The molecular formula is C18H20N4O2. The molecule has 124 valence electrons. The molecule has 0 amide bonds. The Bertz CT molecular complexity index is 905. The summed E-state index contributed by atoms with van der Waals surface area (Å²) in [5.41, 5.74) is 4.01. The van der Waals surface area contributed by atoms with Gasteiger partial charge in [0.05, 0.1) is 19.3 Å². The molecule has 0 spiro atoms. The number of ether oxygens (including phenoxy) is 1. The van der Waals surface area contributed by atoms with Crippen LogP contribution < -0.4 is 0 Å². The fourth-order valence-electron chi connectivity index (χ4n) is 3.09. The van der Waals surface area contributed by atoms with E-state index in [9.17, 15) is 4.79 Å². The third kappa shape index (κ3) is 2.68. The summed E-state index contributed by atoms with van der Waals surface area (Å²) in [4.78, 5) is 11.7. The van der Waals surface area contributed by atoms with Crippen molar-refractivity contribution in [3.63, 3.8) is 0 Å². The molecule has 3 aromatic rings. The van der Waals surface area contributed by atoms with E-state index in [2.05, 4.69) is 46.2 Å². The van der Waals surface area contributed by atoms with E-state index in [1.807, 2.05) is 0 Å². The Balaban J connectivity index is 1.60. The van der Waals surface area contributed by atoms with E-state index in [1.54, 1.807) is 17.8 Å². The molecule has 0 atom stereocenters. The summed E-state index contributed by atoms with van der Waals surface area (Å²) < 4.78 is 8.78. The largest absolute Gasteiger partial charge is 0.461 e. The van der Waals surface area contributed by atoms with Crippen molar-refractivity contribution < 1.29 is 9.53 Å². The Labute approximate surface area is 140 Å². The topological polar surface area (TPSA) is 61.9 Å². The normalized spacial score (nSPS) is 14.2. The van der Waals surface area contributed by atoms with Crippen molar-refractivity contribution in [1.29, 1.82) is 0 Å². The van der Waals surface area contributed by atoms with Gasteiger partial charge in [0.1, 0.15) is 0 Å². The quantitative estimate of drug-likeness (QED) is 0.677. The van der Waals surface area contributed by atoms with Crippen LogP contribution in [0.25, 0.3) is 10.9 Å². The van der Waals surface area contributed by atoms with Crippen LogP contribution in [-0.4, -0.2) is 32.1 Å². The minimum absolute atomic E-state index is 0.242. The van der Waals surface area contributed by atoms with Gasteiger partial charge in [-0.2, -0.15) is 0 Å². The number of carbonyl (C=O) groups is 1. The van der Waals surface area contributed by atoms with E-state index in [0.29, 0.717) is 13.2 Å². The van der Waals surface area contributed by atoms with E-state index in [1.165, 1.54) is 29.3 Å². The van der Waals surface area contributed by atoms with Crippen molar-refractivity contribution in [1.82, 2.24) is 19.6 Å². The molecule has 6 nitrogen and oxygen atoms in total. The second-order valence-electron chi connectivity index (χ2n) is 6.31. The Morgan fingerprint density at radius 1 is 1.33 bits per heavy atom. The van der Waals surface area contributed by atoms with E-state index in [0.717, 1.165) is 11.6 Å². The predicted molar refractivity (Wildman–Crippen MR) is 90.0 cm³/mol. The van der Waals surface area contributed by atoms with Crippen LogP contribution >= 0.6 is 0 Å². The van der Waals surface area contributed by atoms with Crippen LogP contribution in [0.1, 0.15) is 47.4 Å². The summed E-state index contributed by atoms with van der Waals surface area (Å²) in [6.45, 7) is 2.67. The van der Waals surface area contributed by atoms with E-state index >= 15 is 0 Å². The molecule has 1 fully saturated rings. The van der Waals surface area contributed by atoms with Gasteiger partial charge in [-0.25, -0.2) is 9.48 Å². The molecule has 0 bridgehead atoms. The first-order valence-electron chi connectivity index (χ1n) is 8.31. The summed E-state index contributed by atoms with van der Waals surface area (Å²) in [7, 11) is 2.05. The monoisotopic (exact) mass is 324 g/mol. The maximum absolute atomic E-state index is 11.7. The molecule has 6 heteroatoms. The lowest BCUT2D eigenvalue weighted by Gasteiger charge is -2.04. The van der Waals surface area contributed by atoms with Crippen LogP contribution in [0.2, 0.25) is 0 Å². The summed E-state index contributed by atoms with van der Waals surface area (Å²) >= 11 is 0. The van der Waals surface area contributed by atoms with Gasteiger partial charge in [-0.15, -0.1) is 5.10 Å². The Morgan fingerprint density at radius 3 is 2.92 bits per heavy atom. The van der Waals surface area contributed by atoms with Crippen molar-refractivity contribution in [2.45, 2.75) is 32.2 Å². The van der Waals surface area contributed by atoms with Crippen molar-refractivity contribution in [3.8, 4) is 0 Å². The lowest BCUT2D eigenvalue weighted by Crippen LogP contribution is -2.06. The standard InChI is InChI=1S/C18H20N4O2/c1-3-24-18(23)16-11-22(20-19-16)10-15-9-14-8-13(12-4-5-12)6-7-17(14)21(15)2/h6-9,11-12H,3-5,10H2,1-2H3. The smallest absolute Gasteiger partial charge is 0.360 e. The van der Waals surface area contributed by atoms with Crippen molar-refractivity contribution in [2.75, 3.05) is 6.61 Å². The van der Waals surface area contributed by atoms with Crippen molar-refractivity contribution >= 4 is 16.9 Å². The third-order valence-electron chi connectivity index (χ3n) is 4.56. The highest BCUT2D eigenvalue weighted by atomic mass is 16.5. The number of hydrogen-bond acceptors (Lipinski definition) is 4. The number of aryl methyl sites for hydroxylation is 1. The van der Waals surface area contributed by atoms with Crippen LogP contribution in [-0.2, 0) is 18.3 Å². The van der Waals surface area contributed by atoms with Crippen LogP contribution in [0.15, 0.2) is 30.5 Å². The second kappa shape index (κ2) is 5.78. The molecule has 2 heterocycles. The first kappa shape index (κ1) is 14.9. The Kier molecular flexibility index (Phi) is 3.59. The zero-order chi connectivity index (χ0) is 16.7. The van der Waals surface area contributed by atoms with E-state index in [4.69, 9.17) is 4.74 Å². The molecular weight excluding hydrogens is 304 g/mol. The fourth-order valence-corrected chi connectivity index (χ4v) is 3.09. The first-order valence-corrected chi connectivity index (χ1v) is 8.31. The van der Waals surface area contributed by atoms with Gasteiger partial charge < -0.3 is 9.30 Å². The fraction of sp³-hybridized carbons (Fsp3) is 0.389. The van der Waals surface area contributed by atoms with Gasteiger partial charge in [-0.05, 0) is 49.4 Å². The predicted octanol–water partition coefficient (Wildman–Crippen LogP) is 2.87. The van der Waals surface area contributed by atoms with Gasteiger partial charge in [0.25, 0.3) is 0 Å². The van der Waals surface area contributed by atoms with Gasteiger partial charge in [0.2, 0.25) is 0 Å². The summed E-state index contributed by atoms with van der Waals surface area (Å²) in [5, 5.41) is 9.18. The molecule has 1 aliphatic rings. The van der Waals surface area contributed by atoms with Gasteiger partial charge in [0, 0.05) is 23.6 Å². The third-order valence-corrected chi connectivity index (χ3v) is 4.56. The maximum Gasteiger partial charge on any atom is 0.360 e. The molecule has 0 saturated heterocycles. The highest BCUT2D eigenvalue weighted by Gasteiger charge is 2.23. The number of esters is 1. The average molecular weight is 324 g/mol. The molecule has 2 aromatic heterocycles. The van der Waals surface area contributed by atoms with Crippen molar-refractivity contribution in [3.05, 3.63) is 47.4 Å². The molecule has 0 N–H and O–H groups in total. The average Bonchev–Trinajstić information content (AvgIpc) is 3.25. The lowest BCUT2D eigenvalue weighted by atomic mass is 10.1. The zero-order valence-electron chi connectivity index (χ0n) is 13.9. The first-order chi connectivity index (χ1) is 11.7.